The molecule has 1 amide bonds. The van der Waals surface area contributed by atoms with Crippen molar-refractivity contribution in [3.8, 4) is 0 Å². The molecule has 104 valence electrons. The van der Waals surface area contributed by atoms with Gasteiger partial charge in [-0.15, -0.1) is 11.6 Å². The van der Waals surface area contributed by atoms with Gasteiger partial charge >= 0.3 is 6.18 Å². The van der Waals surface area contributed by atoms with Gasteiger partial charge in [0.1, 0.15) is 5.82 Å². The predicted molar refractivity (Wildman–Crippen MR) is 62.6 cm³/mol. The average molecular weight is 296 g/mol. The van der Waals surface area contributed by atoms with Crippen LogP contribution in [0, 0.1) is 11.7 Å². The van der Waals surface area contributed by atoms with Crippen LogP contribution in [0.1, 0.15) is 12.0 Å². The first-order valence-electron chi connectivity index (χ1n) is 5.58. The highest BCUT2D eigenvalue weighted by molar-refractivity contribution is 6.20. The normalized spacial score (nSPS) is 20.2. The lowest BCUT2D eigenvalue weighted by molar-refractivity contribution is -0.140. The maximum absolute atomic E-state index is 13.1. The van der Waals surface area contributed by atoms with Crippen molar-refractivity contribution in [2.45, 2.75) is 12.6 Å². The molecule has 0 aliphatic carbocycles. The van der Waals surface area contributed by atoms with Crippen LogP contribution in [0.2, 0.25) is 0 Å². The number of alkyl halides is 4. The summed E-state index contributed by atoms with van der Waals surface area (Å²) >= 11 is 5.60. The van der Waals surface area contributed by atoms with Gasteiger partial charge in [0.2, 0.25) is 5.91 Å². The second-order valence-electron chi connectivity index (χ2n) is 4.29. The number of anilines is 1. The molecule has 1 aromatic carbocycles. The number of hydrogen-bond acceptors (Lipinski definition) is 1. The molecular weight excluding hydrogens is 286 g/mol. The molecule has 1 atom stereocenters. The maximum Gasteiger partial charge on any atom is 0.419 e. The molecule has 1 unspecified atom stereocenters. The molecular formula is C12H10ClF4NO. The van der Waals surface area contributed by atoms with Crippen molar-refractivity contribution >= 4 is 23.2 Å². The zero-order chi connectivity index (χ0) is 14.2. The molecule has 0 radical (unpaired) electrons. The smallest absolute Gasteiger partial charge is 0.312 e. The molecule has 0 N–H and O–H groups in total. The largest absolute Gasteiger partial charge is 0.419 e. The lowest BCUT2D eigenvalue weighted by atomic mass is 10.1. The summed E-state index contributed by atoms with van der Waals surface area (Å²) < 4.78 is 50.9. The van der Waals surface area contributed by atoms with Gasteiger partial charge in [0.15, 0.2) is 0 Å². The first kappa shape index (κ1) is 14.1. The van der Waals surface area contributed by atoms with E-state index in [0.29, 0.717) is 19.0 Å². The van der Waals surface area contributed by atoms with E-state index in [0.717, 1.165) is 6.07 Å². The number of nitrogens with zero attached hydrogens (tertiary/aromatic N) is 1. The quantitative estimate of drug-likeness (QED) is 0.604. The van der Waals surface area contributed by atoms with Crippen LogP contribution in [0.5, 0.6) is 0 Å². The van der Waals surface area contributed by atoms with Gasteiger partial charge < -0.3 is 4.90 Å². The summed E-state index contributed by atoms with van der Waals surface area (Å²) in [6, 6.07) is 2.54. The monoisotopic (exact) mass is 295 g/mol. The third-order valence-electron chi connectivity index (χ3n) is 3.07. The van der Waals surface area contributed by atoms with Crippen LogP contribution in [-0.4, -0.2) is 18.3 Å². The summed E-state index contributed by atoms with van der Waals surface area (Å²) in [4.78, 5) is 13.1. The molecule has 2 nitrogen and oxygen atoms in total. The Hall–Kier alpha value is -1.30. The molecule has 0 bridgehead atoms. The second kappa shape index (κ2) is 5.00. The summed E-state index contributed by atoms with van der Waals surface area (Å²) in [5, 5.41) is 0. The summed E-state index contributed by atoms with van der Waals surface area (Å²) in [6.07, 6.45) is -4.30. The van der Waals surface area contributed by atoms with Crippen molar-refractivity contribution in [3.63, 3.8) is 0 Å². The van der Waals surface area contributed by atoms with E-state index in [1.54, 1.807) is 0 Å². The Morgan fingerprint density at radius 2 is 2.05 bits per heavy atom. The minimum absolute atomic E-state index is 0.0475. The van der Waals surface area contributed by atoms with Gasteiger partial charge in [-0.05, 0) is 24.6 Å². The van der Waals surface area contributed by atoms with Crippen LogP contribution >= 0.6 is 11.6 Å². The molecule has 0 saturated carbocycles. The lowest BCUT2D eigenvalue weighted by Gasteiger charge is -2.18. The van der Waals surface area contributed by atoms with Gasteiger partial charge in [-0.2, -0.15) is 13.2 Å². The summed E-state index contributed by atoms with van der Waals surface area (Å²) in [7, 11) is 0. The van der Waals surface area contributed by atoms with Gasteiger partial charge in [-0.1, -0.05) is 0 Å². The predicted octanol–water partition coefficient (Wildman–Crippen LogP) is 3.44. The van der Waals surface area contributed by atoms with Gasteiger partial charge in [-0.25, -0.2) is 4.39 Å². The molecule has 0 spiro atoms. The molecule has 1 aromatic rings. The lowest BCUT2D eigenvalue weighted by Crippen LogP contribution is -2.28. The van der Waals surface area contributed by atoms with Gasteiger partial charge in [0.05, 0.1) is 11.5 Å². The topological polar surface area (TPSA) is 20.3 Å². The molecule has 1 fully saturated rings. The Balaban J connectivity index is 2.35. The molecule has 1 saturated heterocycles. The fraction of sp³-hybridized carbons (Fsp3) is 0.417. The van der Waals surface area contributed by atoms with E-state index in [1.165, 1.54) is 11.0 Å². The van der Waals surface area contributed by atoms with E-state index >= 15 is 0 Å². The summed E-state index contributed by atoms with van der Waals surface area (Å²) in [5.41, 5.74) is -1.32. The van der Waals surface area contributed by atoms with E-state index in [2.05, 4.69) is 0 Å². The minimum atomic E-state index is -4.78. The number of carbonyl (C=O) groups is 1. The Kier molecular flexibility index (Phi) is 3.71. The van der Waals surface area contributed by atoms with E-state index < -0.39 is 17.6 Å². The van der Waals surface area contributed by atoms with E-state index in [4.69, 9.17) is 11.6 Å². The van der Waals surface area contributed by atoms with Crippen molar-refractivity contribution in [1.29, 1.82) is 0 Å². The van der Waals surface area contributed by atoms with Crippen molar-refractivity contribution < 1.29 is 22.4 Å². The fourth-order valence-corrected chi connectivity index (χ4v) is 2.32. The fourth-order valence-electron chi connectivity index (χ4n) is 2.04. The number of carbonyl (C=O) groups excluding carboxylic acids is 1. The average Bonchev–Trinajstić information content (AvgIpc) is 2.70. The molecule has 1 aliphatic rings. The summed E-state index contributed by atoms with van der Waals surface area (Å²) in [5.74, 6) is -1.93. The summed E-state index contributed by atoms with van der Waals surface area (Å²) in [6.45, 7) is 0.291. The van der Waals surface area contributed by atoms with Crippen LogP contribution in [-0.2, 0) is 11.0 Å². The first-order chi connectivity index (χ1) is 8.84. The van der Waals surface area contributed by atoms with E-state index in [9.17, 15) is 22.4 Å². The number of amides is 1. The first-order valence-corrected chi connectivity index (χ1v) is 6.12. The van der Waals surface area contributed by atoms with Crippen LogP contribution < -0.4 is 4.90 Å². The van der Waals surface area contributed by atoms with Gasteiger partial charge in [0.25, 0.3) is 0 Å². The van der Waals surface area contributed by atoms with E-state index in [1.807, 2.05) is 0 Å². The number of benzene rings is 1. The molecule has 1 aliphatic heterocycles. The number of hydrogen-bond donors (Lipinski definition) is 0. The number of halogens is 5. The second-order valence-corrected chi connectivity index (χ2v) is 4.60. The molecule has 7 heteroatoms. The van der Waals surface area contributed by atoms with E-state index in [-0.39, 0.29) is 23.4 Å². The van der Waals surface area contributed by atoms with Gasteiger partial charge in [0, 0.05) is 18.1 Å². The molecule has 0 aromatic heterocycles. The van der Waals surface area contributed by atoms with Crippen LogP contribution in [0.3, 0.4) is 0 Å². The highest BCUT2D eigenvalue weighted by atomic mass is 35.5. The Labute approximate surface area is 112 Å². The minimum Gasteiger partial charge on any atom is -0.312 e. The Morgan fingerprint density at radius 3 is 2.58 bits per heavy atom. The number of rotatable bonds is 2. The Bertz CT molecular complexity index is 503. The SMILES string of the molecule is O=C1C(CCl)CCN1c1ccc(F)c(C(F)(F)F)c1. The van der Waals surface area contributed by atoms with Gasteiger partial charge in [-0.3, -0.25) is 4.79 Å². The van der Waals surface area contributed by atoms with Crippen molar-refractivity contribution in [1.82, 2.24) is 0 Å². The van der Waals surface area contributed by atoms with Crippen LogP contribution in [0.25, 0.3) is 0 Å². The molecule has 1 heterocycles. The van der Waals surface area contributed by atoms with Crippen LogP contribution in [0.15, 0.2) is 18.2 Å². The zero-order valence-corrected chi connectivity index (χ0v) is 10.4. The maximum atomic E-state index is 13.1. The Morgan fingerprint density at radius 1 is 1.37 bits per heavy atom. The third-order valence-corrected chi connectivity index (χ3v) is 3.44. The standard InChI is InChI=1S/C12H10ClF4NO/c13-6-7-3-4-18(11(7)19)8-1-2-10(14)9(5-8)12(15,16)17/h1-2,5,7H,3-4,6H2. The zero-order valence-electron chi connectivity index (χ0n) is 9.68. The third kappa shape index (κ3) is 2.68. The molecule has 2 rings (SSSR count). The van der Waals surface area contributed by atoms with Crippen molar-refractivity contribution in [3.05, 3.63) is 29.6 Å². The highest BCUT2D eigenvalue weighted by Crippen LogP contribution is 2.35. The highest BCUT2D eigenvalue weighted by Gasteiger charge is 2.37. The van der Waals surface area contributed by atoms with Crippen molar-refractivity contribution in [2.75, 3.05) is 17.3 Å². The van der Waals surface area contributed by atoms with Crippen LogP contribution in [0.4, 0.5) is 23.2 Å². The molecule has 19 heavy (non-hydrogen) atoms. The van der Waals surface area contributed by atoms with Crippen molar-refractivity contribution in [2.24, 2.45) is 5.92 Å².